The Morgan fingerprint density at radius 2 is 2.29 bits per heavy atom. The molecular weight excluding hydrogens is 234 g/mol. The number of rotatable bonds is 5. The first-order chi connectivity index (χ1) is 8.25. The van der Waals surface area contributed by atoms with Crippen molar-refractivity contribution in [1.29, 1.82) is 0 Å². The normalized spacial score (nSPS) is 12.6. The van der Waals surface area contributed by atoms with E-state index in [1.165, 1.54) is 5.56 Å². The van der Waals surface area contributed by atoms with Crippen molar-refractivity contribution in [3.05, 3.63) is 53.3 Å². The van der Waals surface area contributed by atoms with Gasteiger partial charge in [-0.3, -0.25) is 4.68 Å². The number of benzene rings is 1. The third-order valence-corrected chi connectivity index (χ3v) is 2.93. The standard InChI is InChI=1S/C13H16ClN3/c1-11(12-4-2-5-13(14)10-12)15-7-9-17-8-3-6-16-17/h2-6,8,10-11,15H,7,9H2,1H3/t11-/m1/s1. The van der Waals surface area contributed by atoms with Gasteiger partial charge in [-0.25, -0.2) is 0 Å². The molecule has 2 rings (SSSR count). The zero-order chi connectivity index (χ0) is 12.1. The summed E-state index contributed by atoms with van der Waals surface area (Å²) in [5, 5.41) is 8.38. The smallest absolute Gasteiger partial charge is 0.0534 e. The minimum Gasteiger partial charge on any atom is -0.308 e. The molecule has 1 heterocycles. The van der Waals surface area contributed by atoms with Crippen molar-refractivity contribution in [2.45, 2.75) is 19.5 Å². The van der Waals surface area contributed by atoms with Crippen LogP contribution in [-0.2, 0) is 6.54 Å². The zero-order valence-corrected chi connectivity index (χ0v) is 10.6. The van der Waals surface area contributed by atoms with Gasteiger partial charge in [0, 0.05) is 30.0 Å². The Morgan fingerprint density at radius 3 is 3.00 bits per heavy atom. The molecule has 0 saturated heterocycles. The van der Waals surface area contributed by atoms with E-state index in [2.05, 4.69) is 23.4 Å². The molecule has 4 heteroatoms. The third kappa shape index (κ3) is 3.58. The monoisotopic (exact) mass is 249 g/mol. The third-order valence-electron chi connectivity index (χ3n) is 2.70. The minimum atomic E-state index is 0.296. The summed E-state index contributed by atoms with van der Waals surface area (Å²) in [5.74, 6) is 0. The first-order valence-electron chi connectivity index (χ1n) is 5.72. The van der Waals surface area contributed by atoms with E-state index >= 15 is 0 Å². The lowest BCUT2D eigenvalue weighted by Crippen LogP contribution is -2.23. The summed E-state index contributed by atoms with van der Waals surface area (Å²) in [5.41, 5.74) is 1.21. The molecule has 0 saturated carbocycles. The van der Waals surface area contributed by atoms with E-state index < -0.39 is 0 Å². The van der Waals surface area contributed by atoms with Crippen molar-refractivity contribution < 1.29 is 0 Å². The fraction of sp³-hybridized carbons (Fsp3) is 0.308. The van der Waals surface area contributed by atoms with Gasteiger partial charge < -0.3 is 5.32 Å². The first kappa shape index (κ1) is 12.1. The van der Waals surface area contributed by atoms with Crippen LogP contribution in [0.2, 0.25) is 5.02 Å². The maximum Gasteiger partial charge on any atom is 0.0534 e. The average Bonchev–Trinajstić information content (AvgIpc) is 2.82. The molecule has 0 aliphatic rings. The molecule has 1 atom stereocenters. The molecule has 17 heavy (non-hydrogen) atoms. The molecule has 3 nitrogen and oxygen atoms in total. The number of aromatic nitrogens is 2. The molecule has 0 amide bonds. The number of hydrogen-bond donors (Lipinski definition) is 1. The van der Waals surface area contributed by atoms with E-state index in [0.29, 0.717) is 6.04 Å². The van der Waals surface area contributed by atoms with Gasteiger partial charge >= 0.3 is 0 Å². The lowest BCUT2D eigenvalue weighted by molar-refractivity contribution is 0.507. The second-order valence-corrected chi connectivity index (χ2v) is 4.44. The van der Waals surface area contributed by atoms with Crippen LogP contribution < -0.4 is 5.32 Å². The van der Waals surface area contributed by atoms with Crippen LogP contribution in [0.25, 0.3) is 0 Å². The molecular formula is C13H16ClN3. The van der Waals surface area contributed by atoms with Crippen LogP contribution in [0.3, 0.4) is 0 Å². The molecule has 0 fully saturated rings. The van der Waals surface area contributed by atoms with E-state index in [1.54, 1.807) is 6.20 Å². The van der Waals surface area contributed by atoms with Crippen LogP contribution in [0.4, 0.5) is 0 Å². The second kappa shape index (κ2) is 5.84. The number of halogens is 1. The SMILES string of the molecule is C[C@@H](NCCn1cccn1)c1cccc(Cl)c1. The second-order valence-electron chi connectivity index (χ2n) is 4.00. The Labute approximate surface area is 106 Å². The number of hydrogen-bond acceptors (Lipinski definition) is 2. The zero-order valence-electron chi connectivity index (χ0n) is 9.81. The maximum atomic E-state index is 5.96. The Morgan fingerprint density at radius 1 is 1.41 bits per heavy atom. The molecule has 2 aromatic rings. The van der Waals surface area contributed by atoms with Crippen molar-refractivity contribution in [2.75, 3.05) is 6.54 Å². The lowest BCUT2D eigenvalue weighted by atomic mass is 10.1. The fourth-order valence-electron chi connectivity index (χ4n) is 1.72. The van der Waals surface area contributed by atoms with Crippen molar-refractivity contribution >= 4 is 11.6 Å². The Bertz CT molecular complexity index is 453. The highest BCUT2D eigenvalue weighted by atomic mass is 35.5. The first-order valence-corrected chi connectivity index (χ1v) is 6.10. The molecule has 90 valence electrons. The van der Waals surface area contributed by atoms with Crippen LogP contribution >= 0.6 is 11.6 Å². The topological polar surface area (TPSA) is 29.9 Å². The van der Waals surface area contributed by atoms with E-state index in [-0.39, 0.29) is 0 Å². The van der Waals surface area contributed by atoms with E-state index in [9.17, 15) is 0 Å². The van der Waals surface area contributed by atoms with Crippen LogP contribution in [0.1, 0.15) is 18.5 Å². The summed E-state index contributed by atoms with van der Waals surface area (Å²) >= 11 is 5.96. The van der Waals surface area contributed by atoms with Gasteiger partial charge in [0.2, 0.25) is 0 Å². The van der Waals surface area contributed by atoms with Crippen LogP contribution in [0, 0.1) is 0 Å². The van der Waals surface area contributed by atoms with Crippen LogP contribution in [-0.4, -0.2) is 16.3 Å². The van der Waals surface area contributed by atoms with Crippen molar-refractivity contribution in [2.24, 2.45) is 0 Å². The van der Waals surface area contributed by atoms with Gasteiger partial charge in [-0.1, -0.05) is 23.7 Å². The van der Waals surface area contributed by atoms with Gasteiger partial charge in [0.15, 0.2) is 0 Å². The highest BCUT2D eigenvalue weighted by Gasteiger charge is 2.04. The van der Waals surface area contributed by atoms with Crippen LogP contribution in [0.5, 0.6) is 0 Å². The molecule has 0 aliphatic carbocycles. The molecule has 0 unspecified atom stereocenters. The lowest BCUT2D eigenvalue weighted by Gasteiger charge is -2.14. The van der Waals surface area contributed by atoms with Gasteiger partial charge in [-0.05, 0) is 30.7 Å². The van der Waals surface area contributed by atoms with Gasteiger partial charge in [-0.2, -0.15) is 5.10 Å². The fourth-order valence-corrected chi connectivity index (χ4v) is 1.92. The largest absolute Gasteiger partial charge is 0.308 e. The summed E-state index contributed by atoms with van der Waals surface area (Å²) < 4.78 is 1.91. The van der Waals surface area contributed by atoms with Gasteiger partial charge in [0.1, 0.15) is 0 Å². The highest BCUT2D eigenvalue weighted by molar-refractivity contribution is 6.30. The molecule has 1 aromatic heterocycles. The number of nitrogens with one attached hydrogen (secondary N) is 1. The summed E-state index contributed by atoms with van der Waals surface area (Å²) in [4.78, 5) is 0. The van der Waals surface area contributed by atoms with Crippen LogP contribution in [0.15, 0.2) is 42.7 Å². The van der Waals surface area contributed by atoms with Gasteiger partial charge in [0.25, 0.3) is 0 Å². The van der Waals surface area contributed by atoms with E-state index in [0.717, 1.165) is 18.1 Å². The van der Waals surface area contributed by atoms with Gasteiger partial charge in [-0.15, -0.1) is 0 Å². The Balaban J connectivity index is 1.83. The van der Waals surface area contributed by atoms with Crippen molar-refractivity contribution in [3.63, 3.8) is 0 Å². The summed E-state index contributed by atoms with van der Waals surface area (Å²) in [6.07, 6.45) is 3.76. The molecule has 1 aromatic carbocycles. The Kier molecular flexibility index (Phi) is 4.18. The molecule has 0 bridgehead atoms. The van der Waals surface area contributed by atoms with Crippen molar-refractivity contribution in [1.82, 2.24) is 15.1 Å². The predicted octanol–water partition coefficient (Wildman–Crippen LogP) is 2.89. The predicted molar refractivity (Wildman–Crippen MR) is 70.1 cm³/mol. The summed E-state index contributed by atoms with van der Waals surface area (Å²) in [6, 6.07) is 10.2. The molecule has 0 aliphatic heterocycles. The quantitative estimate of drug-likeness (QED) is 0.883. The number of nitrogens with zero attached hydrogens (tertiary/aromatic N) is 2. The Hall–Kier alpha value is -1.32. The maximum absolute atomic E-state index is 5.96. The van der Waals surface area contributed by atoms with Crippen molar-refractivity contribution in [3.8, 4) is 0 Å². The molecule has 1 N–H and O–H groups in total. The molecule has 0 radical (unpaired) electrons. The summed E-state index contributed by atoms with van der Waals surface area (Å²) in [7, 11) is 0. The van der Waals surface area contributed by atoms with Gasteiger partial charge in [0.05, 0.1) is 6.54 Å². The average molecular weight is 250 g/mol. The molecule has 0 spiro atoms. The summed E-state index contributed by atoms with van der Waals surface area (Å²) in [6.45, 7) is 3.89. The van der Waals surface area contributed by atoms with E-state index in [4.69, 9.17) is 11.6 Å². The van der Waals surface area contributed by atoms with E-state index in [1.807, 2.05) is 35.1 Å². The highest BCUT2D eigenvalue weighted by Crippen LogP contribution is 2.16. The minimum absolute atomic E-state index is 0.296.